The standard InChI is InChI=1S/C14H23NO4/c1-10-3-11(2)5-14(4-10)19-9-13(17)8-18-7-12(16)6-15/h3-5,12-13,16-17H,6-9,15H2,1-2H3. The Hall–Kier alpha value is -1.14. The summed E-state index contributed by atoms with van der Waals surface area (Å²) in [5.41, 5.74) is 7.47. The molecule has 2 atom stereocenters. The summed E-state index contributed by atoms with van der Waals surface area (Å²) in [6.45, 7) is 4.52. The molecule has 0 aromatic heterocycles. The summed E-state index contributed by atoms with van der Waals surface area (Å²) in [5, 5.41) is 18.8. The average Bonchev–Trinajstić information content (AvgIpc) is 2.35. The van der Waals surface area contributed by atoms with E-state index in [9.17, 15) is 10.2 Å². The van der Waals surface area contributed by atoms with Crippen LogP contribution in [0.5, 0.6) is 5.75 Å². The van der Waals surface area contributed by atoms with E-state index in [-0.39, 0.29) is 26.4 Å². The first kappa shape index (κ1) is 15.9. The van der Waals surface area contributed by atoms with Crippen molar-refractivity contribution < 1.29 is 19.7 Å². The van der Waals surface area contributed by atoms with Gasteiger partial charge >= 0.3 is 0 Å². The fraction of sp³-hybridized carbons (Fsp3) is 0.571. The second-order valence-electron chi connectivity index (χ2n) is 4.72. The van der Waals surface area contributed by atoms with Gasteiger partial charge in [0.2, 0.25) is 0 Å². The number of aliphatic hydroxyl groups is 2. The van der Waals surface area contributed by atoms with E-state index in [1.165, 1.54) is 0 Å². The maximum absolute atomic E-state index is 9.67. The van der Waals surface area contributed by atoms with Gasteiger partial charge in [-0.3, -0.25) is 0 Å². The molecule has 0 radical (unpaired) electrons. The monoisotopic (exact) mass is 269 g/mol. The van der Waals surface area contributed by atoms with Crippen LogP contribution in [-0.4, -0.2) is 48.8 Å². The van der Waals surface area contributed by atoms with E-state index in [1.807, 2.05) is 26.0 Å². The van der Waals surface area contributed by atoms with Crippen molar-refractivity contribution in [3.05, 3.63) is 29.3 Å². The highest BCUT2D eigenvalue weighted by Crippen LogP contribution is 2.16. The lowest BCUT2D eigenvalue weighted by atomic mass is 10.1. The Morgan fingerprint density at radius 3 is 2.16 bits per heavy atom. The van der Waals surface area contributed by atoms with Crippen LogP contribution in [0.25, 0.3) is 0 Å². The molecule has 0 saturated heterocycles. The molecule has 0 aliphatic rings. The van der Waals surface area contributed by atoms with Crippen molar-refractivity contribution in [1.82, 2.24) is 0 Å². The van der Waals surface area contributed by atoms with Gasteiger partial charge in [0.05, 0.1) is 19.3 Å². The van der Waals surface area contributed by atoms with Gasteiger partial charge in [0.25, 0.3) is 0 Å². The molecule has 0 saturated carbocycles. The van der Waals surface area contributed by atoms with E-state index in [0.717, 1.165) is 16.9 Å². The number of hydrogen-bond acceptors (Lipinski definition) is 5. The zero-order chi connectivity index (χ0) is 14.3. The largest absolute Gasteiger partial charge is 0.491 e. The van der Waals surface area contributed by atoms with Gasteiger partial charge in [-0.15, -0.1) is 0 Å². The van der Waals surface area contributed by atoms with E-state index < -0.39 is 12.2 Å². The van der Waals surface area contributed by atoms with Crippen LogP contribution in [0.4, 0.5) is 0 Å². The Balaban J connectivity index is 2.27. The first-order valence-corrected chi connectivity index (χ1v) is 6.36. The predicted octanol–water partition coefficient (Wildman–Crippen LogP) is 0.379. The maximum atomic E-state index is 9.67. The Bertz CT molecular complexity index is 363. The summed E-state index contributed by atoms with van der Waals surface area (Å²) in [7, 11) is 0. The van der Waals surface area contributed by atoms with Gasteiger partial charge in [-0.1, -0.05) is 6.07 Å². The van der Waals surface area contributed by atoms with Gasteiger partial charge in [0, 0.05) is 6.54 Å². The van der Waals surface area contributed by atoms with Gasteiger partial charge in [0.1, 0.15) is 18.5 Å². The quantitative estimate of drug-likeness (QED) is 0.635. The molecule has 108 valence electrons. The minimum atomic E-state index is -0.731. The summed E-state index contributed by atoms with van der Waals surface area (Å²) in [6, 6.07) is 5.89. The van der Waals surface area contributed by atoms with E-state index in [0.29, 0.717) is 0 Å². The van der Waals surface area contributed by atoms with Crippen molar-refractivity contribution in [3.63, 3.8) is 0 Å². The minimum absolute atomic E-state index is 0.113. The number of rotatable bonds is 8. The summed E-state index contributed by atoms with van der Waals surface area (Å²) in [4.78, 5) is 0. The Morgan fingerprint density at radius 2 is 1.58 bits per heavy atom. The zero-order valence-electron chi connectivity index (χ0n) is 11.5. The molecule has 2 unspecified atom stereocenters. The Kier molecular flexibility index (Phi) is 6.80. The number of nitrogens with two attached hydrogens (primary N) is 1. The highest BCUT2D eigenvalue weighted by Gasteiger charge is 2.08. The van der Waals surface area contributed by atoms with Gasteiger partial charge in [-0.05, 0) is 37.1 Å². The summed E-state index contributed by atoms with van der Waals surface area (Å²) in [6.07, 6.45) is -1.42. The molecule has 0 amide bonds. The molecule has 0 spiro atoms. The van der Waals surface area contributed by atoms with Gasteiger partial charge in [0.15, 0.2) is 0 Å². The lowest BCUT2D eigenvalue weighted by molar-refractivity contribution is -0.0184. The van der Waals surface area contributed by atoms with Crippen LogP contribution in [0.3, 0.4) is 0 Å². The summed E-state index contributed by atoms with van der Waals surface area (Å²) in [5.74, 6) is 0.735. The molecule has 19 heavy (non-hydrogen) atoms. The number of aryl methyl sites for hydroxylation is 2. The van der Waals surface area contributed by atoms with Crippen LogP contribution in [0.1, 0.15) is 11.1 Å². The molecular weight excluding hydrogens is 246 g/mol. The SMILES string of the molecule is Cc1cc(C)cc(OCC(O)COCC(O)CN)c1. The zero-order valence-corrected chi connectivity index (χ0v) is 11.5. The highest BCUT2D eigenvalue weighted by molar-refractivity contribution is 5.32. The molecule has 1 aromatic rings. The van der Waals surface area contributed by atoms with Crippen LogP contribution in [-0.2, 0) is 4.74 Å². The lowest BCUT2D eigenvalue weighted by Gasteiger charge is -2.14. The van der Waals surface area contributed by atoms with Crippen LogP contribution in [0.2, 0.25) is 0 Å². The smallest absolute Gasteiger partial charge is 0.119 e. The van der Waals surface area contributed by atoms with Crippen molar-refractivity contribution in [1.29, 1.82) is 0 Å². The molecule has 4 N–H and O–H groups in total. The first-order valence-electron chi connectivity index (χ1n) is 6.36. The molecule has 0 fully saturated rings. The van der Waals surface area contributed by atoms with Crippen molar-refractivity contribution in [3.8, 4) is 5.75 Å². The van der Waals surface area contributed by atoms with Crippen molar-refractivity contribution in [2.45, 2.75) is 26.1 Å². The molecule has 0 aliphatic carbocycles. The highest BCUT2D eigenvalue weighted by atomic mass is 16.5. The minimum Gasteiger partial charge on any atom is -0.491 e. The number of benzene rings is 1. The second kappa shape index (κ2) is 8.12. The van der Waals surface area contributed by atoms with Gasteiger partial charge < -0.3 is 25.4 Å². The second-order valence-corrected chi connectivity index (χ2v) is 4.72. The molecular formula is C14H23NO4. The Labute approximate surface area is 114 Å². The lowest BCUT2D eigenvalue weighted by Crippen LogP contribution is -2.29. The van der Waals surface area contributed by atoms with Crippen LogP contribution in [0.15, 0.2) is 18.2 Å². The third-order valence-electron chi connectivity index (χ3n) is 2.53. The topological polar surface area (TPSA) is 84.9 Å². The molecule has 0 heterocycles. The van der Waals surface area contributed by atoms with Crippen LogP contribution < -0.4 is 10.5 Å². The van der Waals surface area contributed by atoms with Crippen molar-refractivity contribution in [2.24, 2.45) is 5.73 Å². The summed E-state index contributed by atoms with van der Waals surface area (Å²) >= 11 is 0. The predicted molar refractivity (Wildman–Crippen MR) is 73.3 cm³/mol. The van der Waals surface area contributed by atoms with Gasteiger partial charge in [-0.25, -0.2) is 0 Å². The Morgan fingerprint density at radius 1 is 1.00 bits per heavy atom. The molecule has 0 aliphatic heterocycles. The number of hydrogen-bond donors (Lipinski definition) is 3. The third-order valence-corrected chi connectivity index (χ3v) is 2.53. The van der Waals surface area contributed by atoms with Gasteiger partial charge in [-0.2, -0.15) is 0 Å². The van der Waals surface area contributed by atoms with E-state index >= 15 is 0 Å². The van der Waals surface area contributed by atoms with E-state index in [1.54, 1.807) is 0 Å². The number of aliphatic hydroxyl groups excluding tert-OH is 2. The summed E-state index contributed by atoms with van der Waals surface area (Å²) < 4.78 is 10.6. The fourth-order valence-electron chi connectivity index (χ4n) is 1.66. The molecule has 1 rings (SSSR count). The van der Waals surface area contributed by atoms with Crippen molar-refractivity contribution >= 4 is 0 Å². The fourth-order valence-corrected chi connectivity index (χ4v) is 1.66. The molecule has 0 bridgehead atoms. The van der Waals surface area contributed by atoms with Crippen molar-refractivity contribution in [2.75, 3.05) is 26.4 Å². The molecule has 5 heteroatoms. The normalized spacial score (nSPS) is 14.2. The molecule has 1 aromatic carbocycles. The third kappa shape index (κ3) is 6.54. The molecule has 5 nitrogen and oxygen atoms in total. The maximum Gasteiger partial charge on any atom is 0.119 e. The van der Waals surface area contributed by atoms with E-state index in [2.05, 4.69) is 6.07 Å². The number of ether oxygens (including phenoxy) is 2. The first-order chi connectivity index (χ1) is 9.01. The van der Waals surface area contributed by atoms with E-state index in [4.69, 9.17) is 15.2 Å². The van der Waals surface area contributed by atoms with Crippen LogP contribution in [0, 0.1) is 13.8 Å². The average molecular weight is 269 g/mol. The van der Waals surface area contributed by atoms with Crippen LogP contribution >= 0.6 is 0 Å².